The fourth-order valence-corrected chi connectivity index (χ4v) is 3.94. The second-order valence-corrected chi connectivity index (χ2v) is 7.97. The first-order valence-electron chi connectivity index (χ1n) is 10.1. The smallest absolute Gasteiger partial charge is 0.159 e. The molecule has 1 fully saturated rings. The Labute approximate surface area is 179 Å². The van der Waals surface area contributed by atoms with E-state index in [2.05, 4.69) is 20.6 Å². The predicted octanol–water partition coefficient (Wildman–Crippen LogP) is 6.43. The van der Waals surface area contributed by atoms with E-state index in [9.17, 15) is 8.78 Å². The maximum absolute atomic E-state index is 13.4. The molecule has 0 atom stereocenters. The molecule has 1 aromatic carbocycles. The number of benzene rings is 1. The summed E-state index contributed by atoms with van der Waals surface area (Å²) < 4.78 is 26.5. The van der Waals surface area contributed by atoms with Gasteiger partial charge in [-0.25, -0.2) is 18.7 Å². The number of halogens is 3. The van der Waals surface area contributed by atoms with Crippen LogP contribution in [0.25, 0.3) is 11.1 Å². The first kappa shape index (κ1) is 20.5. The highest BCUT2D eigenvalue weighted by atomic mass is 35.5. The molecule has 2 heterocycles. The molecule has 1 aliphatic carbocycles. The van der Waals surface area contributed by atoms with Gasteiger partial charge in [-0.05, 0) is 54.3 Å². The maximum Gasteiger partial charge on any atom is 0.159 e. The van der Waals surface area contributed by atoms with Gasteiger partial charge in [0.25, 0.3) is 0 Å². The molecular formula is C23H23ClF2N4. The highest BCUT2D eigenvalue weighted by molar-refractivity contribution is 6.33. The van der Waals surface area contributed by atoms with Gasteiger partial charge in [0.1, 0.15) is 11.6 Å². The van der Waals surface area contributed by atoms with Gasteiger partial charge >= 0.3 is 0 Å². The lowest BCUT2D eigenvalue weighted by Gasteiger charge is -2.23. The number of pyridine rings is 2. The molecule has 7 heteroatoms. The number of hydrogen-bond acceptors (Lipinski definition) is 4. The summed E-state index contributed by atoms with van der Waals surface area (Å²) in [5.41, 5.74) is 2.39. The van der Waals surface area contributed by atoms with Crippen LogP contribution in [0.1, 0.15) is 37.7 Å². The van der Waals surface area contributed by atoms with Crippen molar-refractivity contribution in [2.24, 2.45) is 0 Å². The fourth-order valence-electron chi connectivity index (χ4n) is 3.73. The number of aromatic nitrogens is 2. The molecule has 0 bridgehead atoms. The fraction of sp³-hybridized carbons (Fsp3) is 0.304. The van der Waals surface area contributed by atoms with E-state index in [1.807, 2.05) is 18.2 Å². The van der Waals surface area contributed by atoms with Crippen LogP contribution >= 0.6 is 11.6 Å². The summed E-state index contributed by atoms with van der Waals surface area (Å²) in [4.78, 5) is 8.74. The van der Waals surface area contributed by atoms with Crippen molar-refractivity contribution in [2.75, 3.05) is 10.6 Å². The van der Waals surface area contributed by atoms with E-state index in [0.717, 1.165) is 35.9 Å². The third-order valence-electron chi connectivity index (χ3n) is 5.34. The van der Waals surface area contributed by atoms with Crippen LogP contribution in [0.15, 0.2) is 48.8 Å². The maximum atomic E-state index is 13.4. The molecule has 2 N–H and O–H groups in total. The third-order valence-corrected chi connectivity index (χ3v) is 5.64. The van der Waals surface area contributed by atoms with Gasteiger partial charge in [0.15, 0.2) is 11.6 Å². The molecule has 156 valence electrons. The molecule has 4 nitrogen and oxygen atoms in total. The van der Waals surface area contributed by atoms with Gasteiger partial charge in [-0.15, -0.1) is 0 Å². The normalized spacial score (nSPS) is 14.5. The topological polar surface area (TPSA) is 49.8 Å². The highest BCUT2D eigenvalue weighted by Crippen LogP contribution is 2.31. The van der Waals surface area contributed by atoms with Crippen molar-refractivity contribution in [3.05, 3.63) is 71.0 Å². The third kappa shape index (κ3) is 5.05. The minimum atomic E-state index is -0.863. The van der Waals surface area contributed by atoms with Crippen LogP contribution in [0.3, 0.4) is 0 Å². The van der Waals surface area contributed by atoms with Crippen LogP contribution in [-0.4, -0.2) is 16.0 Å². The second kappa shape index (κ2) is 9.39. The van der Waals surface area contributed by atoms with E-state index in [-0.39, 0.29) is 0 Å². The van der Waals surface area contributed by atoms with Crippen LogP contribution in [0.2, 0.25) is 5.02 Å². The van der Waals surface area contributed by atoms with E-state index in [0.29, 0.717) is 29.0 Å². The molecule has 1 aliphatic rings. The summed E-state index contributed by atoms with van der Waals surface area (Å²) in [7, 11) is 0. The Bertz CT molecular complexity index is 1020. The Morgan fingerprint density at radius 1 is 0.933 bits per heavy atom. The molecule has 0 unspecified atom stereocenters. The average Bonchev–Trinajstić information content (AvgIpc) is 2.77. The largest absolute Gasteiger partial charge is 0.367 e. The van der Waals surface area contributed by atoms with Gasteiger partial charge in [0, 0.05) is 30.5 Å². The summed E-state index contributed by atoms with van der Waals surface area (Å²) in [5, 5.41) is 7.22. The van der Waals surface area contributed by atoms with E-state index in [4.69, 9.17) is 11.6 Å². The Morgan fingerprint density at radius 3 is 2.57 bits per heavy atom. The highest BCUT2D eigenvalue weighted by Gasteiger charge is 2.15. The summed E-state index contributed by atoms with van der Waals surface area (Å²) in [6.45, 7) is 0.326. The zero-order valence-corrected chi connectivity index (χ0v) is 17.2. The Morgan fingerprint density at radius 2 is 1.77 bits per heavy atom. The number of nitrogens with zero attached hydrogens (tertiary/aromatic N) is 2. The quantitative estimate of drug-likeness (QED) is 0.474. The van der Waals surface area contributed by atoms with Crippen molar-refractivity contribution in [3.8, 4) is 11.1 Å². The molecule has 0 aliphatic heterocycles. The summed E-state index contributed by atoms with van der Waals surface area (Å²) in [5.74, 6) is -0.289. The number of anilines is 2. The Balaban J connectivity index is 1.49. The number of nitrogens with one attached hydrogen (secondary N) is 2. The molecule has 0 saturated heterocycles. The summed E-state index contributed by atoms with van der Waals surface area (Å²) in [6.07, 6.45) is 9.46. The number of rotatable bonds is 6. The Hall–Kier alpha value is -2.73. The minimum Gasteiger partial charge on any atom is -0.367 e. The molecule has 4 rings (SSSR count). The zero-order valence-electron chi connectivity index (χ0n) is 16.5. The lowest BCUT2D eigenvalue weighted by atomic mass is 9.95. The van der Waals surface area contributed by atoms with Crippen LogP contribution in [0.5, 0.6) is 0 Å². The van der Waals surface area contributed by atoms with Gasteiger partial charge in [-0.1, -0.05) is 36.9 Å². The van der Waals surface area contributed by atoms with Gasteiger partial charge in [0.05, 0.1) is 5.02 Å². The lowest BCUT2D eigenvalue weighted by molar-refractivity contribution is 0.462. The minimum absolute atomic E-state index is 0.326. The van der Waals surface area contributed by atoms with Crippen molar-refractivity contribution >= 4 is 23.2 Å². The molecule has 2 aromatic heterocycles. The van der Waals surface area contributed by atoms with Crippen molar-refractivity contribution in [1.29, 1.82) is 0 Å². The monoisotopic (exact) mass is 428 g/mol. The molecule has 0 radical (unpaired) electrons. The molecule has 0 spiro atoms. The van der Waals surface area contributed by atoms with Crippen molar-refractivity contribution < 1.29 is 8.78 Å². The lowest BCUT2D eigenvalue weighted by Crippen LogP contribution is -2.22. The predicted molar refractivity (Wildman–Crippen MR) is 117 cm³/mol. The Kier molecular flexibility index (Phi) is 6.43. The van der Waals surface area contributed by atoms with Gasteiger partial charge in [0.2, 0.25) is 0 Å². The summed E-state index contributed by atoms with van der Waals surface area (Å²) >= 11 is 6.42. The molecule has 0 amide bonds. The molecule has 30 heavy (non-hydrogen) atoms. The first-order valence-corrected chi connectivity index (χ1v) is 10.5. The SMILES string of the molecule is Fc1ccc(CNc2cc(-c3cc(NC4CCCCC4)ncc3Cl)ccn2)cc1F. The number of hydrogen-bond donors (Lipinski definition) is 2. The van der Waals surface area contributed by atoms with Crippen molar-refractivity contribution in [2.45, 2.75) is 44.7 Å². The zero-order chi connectivity index (χ0) is 20.9. The van der Waals surface area contributed by atoms with Crippen LogP contribution in [-0.2, 0) is 6.54 Å². The average molecular weight is 429 g/mol. The van der Waals surface area contributed by atoms with Crippen LogP contribution < -0.4 is 10.6 Å². The van der Waals surface area contributed by atoms with Crippen molar-refractivity contribution in [1.82, 2.24) is 9.97 Å². The van der Waals surface area contributed by atoms with E-state index >= 15 is 0 Å². The second-order valence-electron chi connectivity index (χ2n) is 7.56. The molecular weight excluding hydrogens is 406 g/mol. The van der Waals surface area contributed by atoms with E-state index in [1.165, 1.54) is 31.4 Å². The van der Waals surface area contributed by atoms with E-state index in [1.54, 1.807) is 12.4 Å². The molecule has 1 saturated carbocycles. The summed E-state index contributed by atoms with van der Waals surface area (Å²) in [6, 6.07) is 10.0. The van der Waals surface area contributed by atoms with E-state index < -0.39 is 11.6 Å². The standard InChI is InChI=1S/C23H23ClF2N4/c24-19-14-29-23(30-17-4-2-1-3-5-17)12-18(19)16-8-9-27-22(11-16)28-13-15-6-7-20(25)21(26)10-15/h6-12,14,17H,1-5,13H2,(H,27,28)(H,29,30). The van der Waals surface area contributed by atoms with Crippen LogP contribution in [0.4, 0.5) is 20.4 Å². The molecule has 3 aromatic rings. The van der Waals surface area contributed by atoms with Gasteiger partial charge in [-0.2, -0.15) is 0 Å². The first-order chi connectivity index (χ1) is 14.6. The van der Waals surface area contributed by atoms with Crippen LogP contribution in [0, 0.1) is 11.6 Å². The van der Waals surface area contributed by atoms with Crippen molar-refractivity contribution in [3.63, 3.8) is 0 Å². The van der Waals surface area contributed by atoms with Gasteiger partial charge < -0.3 is 10.6 Å². The van der Waals surface area contributed by atoms with Gasteiger partial charge in [-0.3, -0.25) is 0 Å².